The number of rotatable bonds is 14. The zero-order chi connectivity index (χ0) is 49.7. The fraction of sp³-hybridized carbons (Fsp3) is 0. The van der Waals surface area contributed by atoms with Crippen molar-refractivity contribution < 1.29 is 39.8 Å². The van der Waals surface area contributed by atoms with Crippen molar-refractivity contribution >= 4 is 115 Å². The van der Waals surface area contributed by atoms with Crippen molar-refractivity contribution in [2.45, 2.75) is 0 Å². The van der Waals surface area contributed by atoms with E-state index in [1.807, 2.05) is 12.1 Å². The molecule has 0 spiro atoms. The van der Waals surface area contributed by atoms with Gasteiger partial charge in [0.05, 0.1) is 0 Å². The summed E-state index contributed by atoms with van der Waals surface area (Å²) in [7, 11) is 0. The minimum absolute atomic E-state index is 0.0863. The van der Waals surface area contributed by atoms with Crippen molar-refractivity contribution in [3.05, 3.63) is 271 Å². The van der Waals surface area contributed by atoms with Gasteiger partial charge in [-0.1, -0.05) is 0 Å². The van der Waals surface area contributed by atoms with E-state index in [-0.39, 0.29) is 22.5 Å². The minimum atomic E-state index is -5.39. The van der Waals surface area contributed by atoms with Crippen molar-refractivity contribution in [1.29, 1.82) is 0 Å². The SMILES string of the molecule is O=C([O][Pb]([O]C(=O)c1cccc([N+](=O)[O-])c1)([c]1ccccc1)[c]1ccccc1)c1cccc([N+](=O)[O-])c1.O=C([O][Pb]([O]C(=O)c1ccccc1)([c]1ccc(Cl)cc1)[c]1ccc(Cl)cc1)c1ccccc1. The van der Waals surface area contributed by atoms with E-state index in [0.717, 1.165) is 12.1 Å². The van der Waals surface area contributed by atoms with Gasteiger partial charge in [0.2, 0.25) is 0 Å². The molecule has 0 saturated heterocycles. The molecule has 0 N–H and O–H groups in total. The molecule has 8 aromatic rings. The molecule has 0 bridgehead atoms. The van der Waals surface area contributed by atoms with Crippen LogP contribution in [0, 0.1) is 20.2 Å². The summed E-state index contributed by atoms with van der Waals surface area (Å²) in [5, 5.41) is 23.5. The second kappa shape index (κ2) is 23.4. The van der Waals surface area contributed by atoms with Crippen LogP contribution in [0.5, 0.6) is 0 Å². The Morgan fingerprint density at radius 3 is 0.900 bits per heavy atom. The Bertz CT molecular complexity index is 2940. The average Bonchev–Trinajstić information content (AvgIpc) is 3.39. The Morgan fingerprint density at radius 2 is 0.600 bits per heavy atom. The third-order valence-corrected chi connectivity index (χ3v) is 35.2. The maximum absolute atomic E-state index is 13.4. The number of hydrogen-bond acceptors (Lipinski definition) is 12. The van der Waals surface area contributed by atoms with Crippen LogP contribution < -0.4 is 12.5 Å². The van der Waals surface area contributed by atoms with Gasteiger partial charge in [-0.3, -0.25) is 0 Å². The van der Waals surface area contributed by atoms with Crippen molar-refractivity contribution in [3.8, 4) is 0 Å². The summed E-state index contributed by atoms with van der Waals surface area (Å²) in [6.07, 6.45) is 0. The van der Waals surface area contributed by atoms with Gasteiger partial charge in [-0.05, 0) is 0 Å². The molecule has 0 fully saturated rings. The summed E-state index contributed by atoms with van der Waals surface area (Å²) in [5.41, 5.74) is -0.0516. The van der Waals surface area contributed by atoms with Crippen molar-refractivity contribution in [1.82, 2.24) is 0 Å². The predicted molar refractivity (Wildman–Crippen MR) is 267 cm³/mol. The number of nitro benzene ring substituents is 2. The topological polar surface area (TPSA) is 191 Å². The van der Waals surface area contributed by atoms with Crippen LogP contribution in [0.3, 0.4) is 0 Å². The summed E-state index contributed by atoms with van der Waals surface area (Å²) >= 11 is 1.75. The van der Waals surface area contributed by atoms with Crippen LogP contribution in [0.25, 0.3) is 0 Å². The van der Waals surface area contributed by atoms with Crippen LogP contribution in [0.1, 0.15) is 41.4 Å². The number of hydrogen-bond donors (Lipinski definition) is 0. The Morgan fingerprint density at radius 1 is 0.343 bits per heavy atom. The third-order valence-electron chi connectivity index (χ3n) is 10.3. The average molecular weight is 1370 g/mol. The fourth-order valence-electron chi connectivity index (χ4n) is 6.90. The normalized spacial score (nSPS) is 10.9. The van der Waals surface area contributed by atoms with E-state index in [0.29, 0.717) is 33.7 Å². The van der Waals surface area contributed by atoms with E-state index in [1.165, 1.54) is 36.4 Å². The molecule has 70 heavy (non-hydrogen) atoms. The van der Waals surface area contributed by atoms with E-state index in [9.17, 15) is 39.4 Å². The van der Waals surface area contributed by atoms with E-state index >= 15 is 0 Å². The Labute approximate surface area is 422 Å². The second-order valence-electron chi connectivity index (χ2n) is 14.9. The molecule has 0 aliphatic carbocycles. The molecule has 0 aliphatic heterocycles. The van der Waals surface area contributed by atoms with Gasteiger partial charge < -0.3 is 0 Å². The maximum atomic E-state index is 13.4. The zero-order valence-electron chi connectivity index (χ0n) is 36.3. The third kappa shape index (κ3) is 12.4. The molecule has 8 aromatic carbocycles. The van der Waals surface area contributed by atoms with E-state index in [2.05, 4.69) is 0 Å². The van der Waals surface area contributed by atoms with Crippen LogP contribution in [0.15, 0.2) is 218 Å². The predicted octanol–water partition coefficient (Wildman–Crippen LogP) is 9.04. The first kappa shape index (κ1) is 50.7. The standard InChI is InChI=1S/2C7H5NO4.2C7H6O2.2C6H4Cl.2C6H5.2Pb/c2*9-7(10)5-2-1-3-6(4-5)8(11)12;2*8-7(9)6-4-2-1-3-5-6;2*7-6-4-2-1-3-5-6;2*1-2-4-6-5-3-1;;/h2*1-4H,(H,9,10);2*1-5H,(H,8,9);2*2-5H;2*1-5H;;/q;;;;;;;;2*+2/p-4. The van der Waals surface area contributed by atoms with Gasteiger partial charge >= 0.3 is 426 Å². The summed E-state index contributed by atoms with van der Waals surface area (Å²) in [6.45, 7) is 0. The van der Waals surface area contributed by atoms with E-state index in [4.69, 9.17) is 34.0 Å². The molecule has 0 aromatic heterocycles. The Kier molecular flexibility index (Phi) is 17.0. The summed E-state index contributed by atoms with van der Waals surface area (Å²) < 4.78 is 26.8. The van der Waals surface area contributed by atoms with Gasteiger partial charge in [0.25, 0.3) is 0 Å². The number of nitrogens with zero attached hydrogens (tertiary/aromatic N) is 2. The van der Waals surface area contributed by atoms with Gasteiger partial charge in [-0.15, -0.1) is 0 Å². The molecule has 0 unspecified atom stereocenters. The molecule has 0 heterocycles. The number of benzene rings is 8. The molecule has 0 aliphatic rings. The monoisotopic (exact) mass is 1370 g/mol. The molecule has 8 rings (SSSR count). The quantitative estimate of drug-likeness (QED) is 0.0571. The molecular weight excluding hydrogens is 1330 g/mol. The summed E-state index contributed by atoms with van der Waals surface area (Å²) in [6, 6.07) is 58.1. The molecular formula is C52H36Cl2N2O12Pb2. The number of halogens is 2. The number of carbonyl (C=O) groups excluding carboxylic acids is 4. The van der Waals surface area contributed by atoms with Crippen LogP contribution in [0.4, 0.5) is 11.4 Å². The molecule has 0 radical (unpaired) electrons. The van der Waals surface area contributed by atoms with E-state index in [1.54, 1.807) is 158 Å². The first-order chi connectivity index (χ1) is 33.8. The molecule has 0 saturated carbocycles. The van der Waals surface area contributed by atoms with Crippen molar-refractivity contribution in [2.24, 2.45) is 0 Å². The van der Waals surface area contributed by atoms with Crippen molar-refractivity contribution in [2.75, 3.05) is 0 Å². The summed E-state index contributed by atoms with van der Waals surface area (Å²) in [4.78, 5) is 74.4. The van der Waals surface area contributed by atoms with Crippen molar-refractivity contribution in [3.63, 3.8) is 0 Å². The Balaban J connectivity index is 0.000000208. The fourth-order valence-corrected chi connectivity index (χ4v) is 29.2. The first-order valence-electron chi connectivity index (χ1n) is 20.9. The number of non-ortho nitro benzene ring substituents is 2. The van der Waals surface area contributed by atoms with Crippen LogP contribution in [0.2, 0.25) is 10.0 Å². The summed E-state index contributed by atoms with van der Waals surface area (Å²) in [5.74, 6) is -2.93. The zero-order valence-corrected chi connectivity index (χ0v) is 45.6. The molecule has 0 amide bonds. The van der Waals surface area contributed by atoms with Gasteiger partial charge in [-0.25, -0.2) is 0 Å². The number of carbonyl (C=O) groups is 4. The van der Waals surface area contributed by atoms with Gasteiger partial charge in [0.15, 0.2) is 0 Å². The van der Waals surface area contributed by atoms with Gasteiger partial charge in [0, 0.05) is 0 Å². The molecule has 14 nitrogen and oxygen atoms in total. The van der Waals surface area contributed by atoms with E-state index < -0.39 is 77.9 Å². The van der Waals surface area contributed by atoms with Gasteiger partial charge in [0.1, 0.15) is 0 Å². The van der Waals surface area contributed by atoms with Crippen LogP contribution in [-0.4, -0.2) is 77.9 Å². The molecule has 18 heteroatoms. The number of nitro groups is 2. The van der Waals surface area contributed by atoms with Crippen LogP contribution >= 0.6 is 23.2 Å². The molecule has 0 atom stereocenters. The second-order valence-corrected chi connectivity index (χ2v) is 37.5. The first-order valence-corrected chi connectivity index (χ1v) is 35.8. The van der Waals surface area contributed by atoms with Crippen LogP contribution in [-0.2, 0) is 10.7 Å². The molecule has 348 valence electrons. The van der Waals surface area contributed by atoms with Gasteiger partial charge in [-0.2, -0.15) is 0 Å². The Hall–Kier alpha value is -7.14.